The van der Waals surface area contributed by atoms with Gasteiger partial charge in [-0.2, -0.15) is 0 Å². The van der Waals surface area contributed by atoms with Crippen molar-refractivity contribution in [3.05, 3.63) is 34.9 Å². The molecule has 1 aliphatic heterocycles. The zero-order chi connectivity index (χ0) is 24.3. The van der Waals surface area contributed by atoms with Crippen LogP contribution in [-0.2, 0) is 29.6 Å². The number of rotatable bonds is 6. The molecule has 4 saturated carbocycles. The van der Waals surface area contributed by atoms with E-state index in [0.29, 0.717) is 24.8 Å². The molecular formula is C27H37NO5S. The molecule has 1 aromatic rings. The van der Waals surface area contributed by atoms with Gasteiger partial charge in [0.2, 0.25) is 0 Å². The van der Waals surface area contributed by atoms with E-state index >= 15 is 0 Å². The van der Waals surface area contributed by atoms with E-state index in [1.165, 1.54) is 23.1 Å². The molecule has 0 N–H and O–H groups in total. The van der Waals surface area contributed by atoms with Crippen LogP contribution in [0.3, 0.4) is 0 Å². The maximum Gasteiger partial charge on any atom is 0.312 e. The second-order valence-corrected chi connectivity index (χ2v) is 13.9. The number of amides is 1. The zero-order valence-electron chi connectivity index (χ0n) is 20.6. The van der Waals surface area contributed by atoms with Gasteiger partial charge in [0.1, 0.15) is 0 Å². The van der Waals surface area contributed by atoms with Gasteiger partial charge in [0, 0.05) is 12.6 Å². The van der Waals surface area contributed by atoms with Crippen LogP contribution in [0.5, 0.6) is 0 Å². The molecule has 0 spiro atoms. The van der Waals surface area contributed by atoms with Gasteiger partial charge in [0.25, 0.3) is 5.91 Å². The number of aryl methyl sites for hydroxylation is 2. The Hall–Kier alpha value is -1.89. The fourth-order valence-electron chi connectivity index (χ4n) is 7.93. The smallest absolute Gasteiger partial charge is 0.312 e. The van der Waals surface area contributed by atoms with Crippen molar-refractivity contribution in [2.75, 3.05) is 24.7 Å². The fraction of sp³-hybridized carbons (Fsp3) is 0.704. The van der Waals surface area contributed by atoms with Crippen LogP contribution in [0.25, 0.3) is 0 Å². The number of ether oxygens (including phenoxy) is 1. The summed E-state index contributed by atoms with van der Waals surface area (Å²) in [4.78, 5) is 28.0. The minimum absolute atomic E-state index is 0.00626. The average Bonchev–Trinajstić information content (AvgIpc) is 3.12. The standard InChI is InChI=1S/C27H37NO5S/c1-4-28(23-7-8-34(31,32)16-23)24(29)15-33-25(30)27-13-20-10-21(14-27)12-26(11-20,17-27)22-6-5-18(2)19(3)9-22/h5-6,9,20-21,23H,4,7-8,10-17H2,1-3H3/t20-,21+,23-,26?,27?/m1/s1. The predicted molar refractivity (Wildman–Crippen MR) is 130 cm³/mol. The maximum atomic E-state index is 13.5. The molecule has 4 bridgehead atoms. The third-order valence-corrected chi connectivity index (χ3v) is 11.0. The summed E-state index contributed by atoms with van der Waals surface area (Å²) in [5.41, 5.74) is 3.47. The number of nitrogens with zero attached hydrogens (tertiary/aromatic N) is 1. The Morgan fingerprint density at radius 3 is 2.38 bits per heavy atom. The van der Waals surface area contributed by atoms with Crippen molar-refractivity contribution in [1.29, 1.82) is 0 Å². The van der Waals surface area contributed by atoms with E-state index in [2.05, 4.69) is 32.0 Å². The number of hydrogen-bond acceptors (Lipinski definition) is 5. The van der Waals surface area contributed by atoms with E-state index in [-0.39, 0.29) is 41.4 Å². The van der Waals surface area contributed by atoms with Crippen LogP contribution < -0.4 is 0 Å². The first-order chi connectivity index (χ1) is 16.0. The Morgan fingerprint density at radius 1 is 1.09 bits per heavy atom. The van der Waals surface area contributed by atoms with Gasteiger partial charge >= 0.3 is 5.97 Å². The summed E-state index contributed by atoms with van der Waals surface area (Å²) in [5, 5.41) is 0. The average molecular weight is 488 g/mol. The van der Waals surface area contributed by atoms with Crippen LogP contribution in [0.1, 0.15) is 68.6 Å². The van der Waals surface area contributed by atoms with Crippen molar-refractivity contribution < 1.29 is 22.7 Å². The van der Waals surface area contributed by atoms with E-state index in [1.807, 2.05) is 6.92 Å². The molecule has 6 nitrogen and oxygen atoms in total. The van der Waals surface area contributed by atoms with Crippen LogP contribution in [0, 0.1) is 31.1 Å². The topological polar surface area (TPSA) is 80.8 Å². The highest BCUT2D eigenvalue weighted by atomic mass is 32.2. The van der Waals surface area contributed by atoms with Crippen LogP contribution in [-0.4, -0.2) is 55.9 Å². The van der Waals surface area contributed by atoms with Crippen molar-refractivity contribution in [1.82, 2.24) is 4.90 Å². The van der Waals surface area contributed by atoms with E-state index in [9.17, 15) is 18.0 Å². The highest BCUT2D eigenvalue weighted by Gasteiger charge is 2.61. The van der Waals surface area contributed by atoms with Gasteiger partial charge in [-0.05, 0) is 99.7 Å². The molecule has 5 aliphatic rings. The Morgan fingerprint density at radius 2 is 1.79 bits per heavy atom. The quantitative estimate of drug-likeness (QED) is 0.572. The molecule has 1 amide bonds. The van der Waals surface area contributed by atoms with Crippen molar-refractivity contribution in [2.45, 2.75) is 77.2 Å². The van der Waals surface area contributed by atoms with E-state index in [1.54, 1.807) is 4.90 Å². The van der Waals surface area contributed by atoms with Crippen LogP contribution in [0.4, 0.5) is 0 Å². The number of likely N-dealkylation sites (N-methyl/N-ethyl adjacent to an activating group) is 1. The predicted octanol–water partition coefficient (Wildman–Crippen LogP) is 3.72. The van der Waals surface area contributed by atoms with Crippen molar-refractivity contribution >= 4 is 21.7 Å². The minimum Gasteiger partial charge on any atom is -0.455 e. The molecule has 1 saturated heterocycles. The van der Waals surface area contributed by atoms with Gasteiger partial charge in [-0.15, -0.1) is 0 Å². The summed E-state index contributed by atoms with van der Waals surface area (Å²) in [6.07, 6.45) is 6.46. The normalized spacial score (nSPS) is 35.3. The highest BCUT2D eigenvalue weighted by molar-refractivity contribution is 7.91. The van der Waals surface area contributed by atoms with Crippen molar-refractivity contribution in [3.8, 4) is 0 Å². The molecule has 6 rings (SSSR count). The van der Waals surface area contributed by atoms with E-state index in [0.717, 1.165) is 32.1 Å². The summed E-state index contributed by atoms with van der Waals surface area (Å²) in [7, 11) is -3.09. The second kappa shape index (κ2) is 8.35. The van der Waals surface area contributed by atoms with Crippen molar-refractivity contribution in [2.24, 2.45) is 17.3 Å². The lowest BCUT2D eigenvalue weighted by Gasteiger charge is -2.61. The Balaban J connectivity index is 1.31. The molecule has 0 aromatic heterocycles. The number of sulfone groups is 1. The first-order valence-electron chi connectivity index (χ1n) is 12.8. The first-order valence-corrected chi connectivity index (χ1v) is 14.6. The molecule has 5 fully saturated rings. The molecule has 1 aromatic carbocycles. The summed E-state index contributed by atoms with van der Waals surface area (Å²) < 4.78 is 29.5. The Bertz CT molecular complexity index is 1100. The van der Waals surface area contributed by atoms with Gasteiger partial charge in [-0.25, -0.2) is 8.42 Å². The number of carbonyl (C=O) groups is 2. The molecular weight excluding hydrogens is 450 g/mol. The highest BCUT2D eigenvalue weighted by Crippen LogP contribution is 2.66. The molecule has 4 aliphatic carbocycles. The van der Waals surface area contributed by atoms with Gasteiger partial charge in [0.05, 0.1) is 16.9 Å². The molecule has 186 valence electrons. The van der Waals surface area contributed by atoms with Gasteiger partial charge in [0.15, 0.2) is 16.4 Å². The van der Waals surface area contributed by atoms with Crippen LogP contribution in [0.15, 0.2) is 18.2 Å². The second-order valence-electron chi connectivity index (χ2n) is 11.6. The SMILES string of the molecule is CCN(C(=O)COC(=O)C12C[C@H]3C[C@@H](C1)CC(c1ccc(C)c(C)c1)(C3)C2)[C@@H]1CCS(=O)(=O)C1. The number of benzene rings is 1. The zero-order valence-corrected chi connectivity index (χ0v) is 21.5. The fourth-order valence-corrected chi connectivity index (χ4v) is 9.66. The minimum atomic E-state index is -3.09. The third kappa shape index (κ3) is 4.08. The lowest BCUT2D eigenvalue weighted by Crippen LogP contribution is -2.57. The van der Waals surface area contributed by atoms with Crippen LogP contribution >= 0.6 is 0 Å². The number of carbonyl (C=O) groups excluding carboxylic acids is 2. The lowest BCUT2D eigenvalue weighted by molar-refractivity contribution is -0.177. The first kappa shape index (κ1) is 23.8. The molecule has 7 heteroatoms. The van der Waals surface area contributed by atoms with E-state index < -0.39 is 15.3 Å². The maximum absolute atomic E-state index is 13.5. The Kier molecular flexibility index (Phi) is 5.85. The molecule has 1 heterocycles. The number of esters is 1. The van der Waals surface area contributed by atoms with Crippen molar-refractivity contribution in [3.63, 3.8) is 0 Å². The lowest BCUT2D eigenvalue weighted by atomic mass is 9.43. The summed E-state index contributed by atoms with van der Waals surface area (Å²) >= 11 is 0. The summed E-state index contributed by atoms with van der Waals surface area (Å²) in [6, 6.07) is 6.47. The van der Waals surface area contributed by atoms with Gasteiger partial charge in [-0.1, -0.05) is 18.2 Å². The molecule has 0 radical (unpaired) electrons. The third-order valence-electron chi connectivity index (χ3n) is 9.25. The number of hydrogen-bond donors (Lipinski definition) is 0. The summed E-state index contributed by atoms with van der Waals surface area (Å²) in [6.45, 7) is 6.26. The molecule has 2 unspecified atom stereocenters. The largest absolute Gasteiger partial charge is 0.455 e. The monoisotopic (exact) mass is 487 g/mol. The van der Waals surface area contributed by atoms with Gasteiger partial charge in [-0.3, -0.25) is 9.59 Å². The Labute approximate surface area is 203 Å². The molecule has 34 heavy (non-hydrogen) atoms. The molecule has 5 atom stereocenters. The summed E-state index contributed by atoms with van der Waals surface area (Å²) in [5.74, 6) is 0.675. The van der Waals surface area contributed by atoms with Gasteiger partial charge < -0.3 is 9.64 Å². The van der Waals surface area contributed by atoms with Crippen LogP contribution in [0.2, 0.25) is 0 Å². The van der Waals surface area contributed by atoms with E-state index in [4.69, 9.17) is 4.74 Å².